The van der Waals surface area contributed by atoms with E-state index >= 15 is 0 Å². The van der Waals surface area contributed by atoms with E-state index in [2.05, 4.69) is 24.9 Å². The lowest BCUT2D eigenvalue weighted by molar-refractivity contribution is 0.145. The highest BCUT2D eigenvalue weighted by Crippen LogP contribution is 2.31. The van der Waals surface area contributed by atoms with Crippen molar-refractivity contribution in [2.75, 3.05) is 7.05 Å². The number of nitrogens with two attached hydrogens (primary N) is 1. The van der Waals surface area contributed by atoms with Gasteiger partial charge in [0.1, 0.15) is 5.76 Å². The molecule has 0 bridgehead atoms. The fourth-order valence-corrected chi connectivity index (χ4v) is 2.73. The molecule has 20 heavy (non-hydrogen) atoms. The molecule has 2 N–H and O–H groups in total. The van der Waals surface area contributed by atoms with Gasteiger partial charge in [-0.05, 0) is 50.7 Å². The lowest BCUT2D eigenvalue weighted by Gasteiger charge is -2.34. The zero-order valence-electron chi connectivity index (χ0n) is 12.1. The van der Waals surface area contributed by atoms with Gasteiger partial charge in [-0.25, -0.2) is 0 Å². The molecule has 3 nitrogen and oxygen atoms in total. The number of likely N-dealkylation sites (N-methyl/N-ethyl adjacent to an activating group) is 1. The SMILES string of the molecule is CC(N)C(c1ccco1)N(C)C(C)c1cccc(Cl)c1. The minimum atomic E-state index is -0.0345. The first-order valence-electron chi connectivity index (χ1n) is 6.77. The van der Waals surface area contributed by atoms with Gasteiger partial charge in [-0.1, -0.05) is 23.7 Å². The number of hydrogen-bond donors (Lipinski definition) is 1. The van der Waals surface area contributed by atoms with Crippen LogP contribution in [0.1, 0.15) is 37.3 Å². The third kappa shape index (κ3) is 3.23. The molecular formula is C16H21ClN2O. The fraction of sp³-hybridized carbons (Fsp3) is 0.375. The van der Waals surface area contributed by atoms with Crippen molar-refractivity contribution in [2.45, 2.75) is 32.0 Å². The minimum Gasteiger partial charge on any atom is -0.468 e. The molecule has 0 aliphatic heterocycles. The highest BCUT2D eigenvalue weighted by molar-refractivity contribution is 6.30. The van der Waals surface area contributed by atoms with Gasteiger partial charge in [0.15, 0.2) is 0 Å². The van der Waals surface area contributed by atoms with Crippen molar-refractivity contribution in [3.63, 3.8) is 0 Å². The first-order chi connectivity index (χ1) is 9.50. The normalized spacial score (nSPS) is 16.1. The van der Waals surface area contributed by atoms with Gasteiger partial charge in [0.05, 0.1) is 12.3 Å². The molecule has 108 valence electrons. The second kappa shape index (κ2) is 6.44. The van der Waals surface area contributed by atoms with E-state index in [1.54, 1.807) is 6.26 Å². The van der Waals surface area contributed by atoms with Crippen molar-refractivity contribution in [3.05, 3.63) is 59.0 Å². The monoisotopic (exact) mass is 292 g/mol. The van der Waals surface area contributed by atoms with Gasteiger partial charge in [-0.3, -0.25) is 4.90 Å². The van der Waals surface area contributed by atoms with Crippen LogP contribution in [-0.2, 0) is 0 Å². The molecule has 0 amide bonds. The second-order valence-electron chi connectivity index (χ2n) is 5.22. The largest absolute Gasteiger partial charge is 0.468 e. The van der Waals surface area contributed by atoms with Crippen molar-refractivity contribution in [3.8, 4) is 0 Å². The van der Waals surface area contributed by atoms with E-state index in [0.717, 1.165) is 16.3 Å². The van der Waals surface area contributed by atoms with Crippen LogP contribution in [-0.4, -0.2) is 18.0 Å². The van der Waals surface area contributed by atoms with E-state index in [9.17, 15) is 0 Å². The van der Waals surface area contributed by atoms with Crippen LogP contribution in [0.4, 0.5) is 0 Å². The van der Waals surface area contributed by atoms with Crippen LogP contribution < -0.4 is 5.73 Å². The average Bonchev–Trinajstić information content (AvgIpc) is 2.91. The Labute approximate surface area is 125 Å². The highest BCUT2D eigenvalue weighted by Gasteiger charge is 2.27. The number of benzene rings is 1. The Balaban J connectivity index is 2.26. The third-order valence-corrected chi connectivity index (χ3v) is 3.95. The standard InChI is InChI=1S/C16H21ClN2O/c1-11(18)16(15-8-5-9-20-15)19(3)12(2)13-6-4-7-14(17)10-13/h4-12,16H,18H2,1-3H3. The molecule has 1 heterocycles. The summed E-state index contributed by atoms with van der Waals surface area (Å²) >= 11 is 6.07. The summed E-state index contributed by atoms with van der Waals surface area (Å²) in [7, 11) is 2.06. The molecule has 0 saturated heterocycles. The number of hydrogen-bond acceptors (Lipinski definition) is 3. The molecule has 3 atom stereocenters. The van der Waals surface area contributed by atoms with E-state index in [4.69, 9.17) is 21.8 Å². The maximum atomic E-state index is 6.15. The maximum Gasteiger partial charge on any atom is 0.122 e. The van der Waals surface area contributed by atoms with Crippen LogP contribution in [0.15, 0.2) is 47.1 Å². The molecule has 1 aromatic carbocycles. The molecule has 0 saturated carbocycles. The van der Waals surface area contributed by atoms with Crippen molar-refractivity contribution in [2.24, 2.45) is 5.73 Å². The Bertz CT molecular complexity index is 539. The first kappa shape index (κ1) is 15.1. The zero-order valence-corrected chi connectivity index (χ0v) is 12.8. The summed E-state index contributed by atoms with van der Waals surface area (Å²) in [5.41, 5.74) is 7.31. The molecule has 0 radical (unpaired) electrons. The van der Waals surface area contributed by atoms with Crippen LogP contribution >= 0.6 is 11.6 Å². The molecule has 0 fully saturated rings. The second-order valence-corrected chi connectivity index (χ2v) is 5.65. The Hall–Kier alpha value is -1.29. The predicted octanol–water partition coefficient (Wildman–Crippen LogP) is 4.01. The van der Waals surface area contributed by atoms with Gasteiger partial charge in [0.2, 0.25) is 0 Å². The lowest BCUT2D eigenvalue weighted by atomic mass is 10.0. The quantitative estimate of drug-likeness (QED) is 0.905. The first-order valence-corrected chi connectivity index (χ1v) is 7.15. The Morgan fingerprint density at radius 1 is 1.20 bits per heavy atom. The van der Waals surface area contributed by atoms with Gasteiger partial charge < -0.3 is 10.2 Å². The zero-order chi connectivity index (χ0) is 14.7. The van der Waals surface area contributed by atoms with Gasteiger partial charge in [-0.15, -0.1) is 0 Å². The summed E-state index contributed by atoms with van der Waals surface area (Å²) in [5.74, 6) is 0.886. The lowest BCUT2D eigenvalue weighted by Crippen LogP contribution is -2.38. The Morgan fingerprint density at radius 2 is 1.95 bits per heavy atom. The van der Waals surface area contributed by atoms with Crippen LogP contribution in [0.25, 0.3) is 0 Å². The summed E-state index contributed by atoms with van der Waals surface area (Å²) in [6.07, 6.45) is 1.68. The highest BCUT2D eigenvalue weighted by atomic mass is 35.5. The summed E-state index contributed by atoms with van der Waals surface area (Å²) in [4.78, 5) is 2.22. The van der Waals surface area contributed by atoms with E-state index in [0.29, 0.717) is 0 Å². The van der Waals surface area contributed by atoms with E-state index in [1.807, 2.05) is 37.3 Å². The van der Waals surface area contributed by atoms with Crippen LogP contribution in [0.2, 0.25) is 5.02 Å². The summed E-state index contributed by atoms with van der Waals surface area (Å²) in [6.45, 7) is 4.14. The van der Waals surface area contributed by atoms with E-state index in [1.165, 1.54) is 0 Å². The number of rotatable bonds is 5. The van der Waals surface area contributed by atoms with Crippen LogP contribution in [0.3, 0.4) is 0 Å². The van der Waals surface area contributed by atoms with Crippen molar-refractivity contribution in [1.82, 2.24) is 4.90 Å². The van der Waals surface area contributed by atoms with Gasteiger partial charge in [-0.2, -0.15) is 0 Å². The maximum absolute atomic E-state index is 6.15. The third-order valence-electron chi connectivity index (χ3n) is 3.71. The van der Waals surface area contributed by atoms with Crippen LogP contribution in [0.5, 0.6) is 0 Å². The molecule has 1 aromatic heterocycles. The smallest absolute Gasteiger partial charge is 0.122 e. The molecule has 3 unspecified atom stereocenters. The molecular weight excluding hydrogens is 272 g/mol. The molecule has 2 rings (SSSR count). The number of halogens is 1. The Kier molecular flexibility index (Phi) is 4.86. The van der Waals surface area contributed by atoms with Crippen LogP contribution in [0, 0.1) is 0 Å². The number of furan rings is 1. The van der Waals surface area contributed by atoms with E-state index < -0.39 is 0 Å². The molecule has 4 heteroatoms. The summed E-state index contributed by atoms with van der Waals surface area (Å²) in [6, 6.07) is 12.0. The Morgan fingerprint density at radius 3 is 2.50 bits per heavy atom. The van der Waals surface area contributed by atoms with Crippen molar-refractivity contribution >= 4 is 11.6 Å². The fourth-order valence-electron chi connectivity index (χ4n) is 2.53. The number of nitrogens with zero attached hydrogens (tertiary/aromatic N) is 1. The average molecular weight is 293 g/mol. The summed E-state index contributed by atoms with van der Waals surface area (Å²) in [5, 5.41) is 0.748. The van der Waals surface area contributed by atoms with E-state index in [-0.39, 0.29) is 18.1 Å². The van der Waals surface area contributed by atoms with Crippen molar-refractivity contribution < 1.29 is 4.42 Å². The predicted molar refractivity (Wildman–Crippen MR) is 82.7 cm³/mol. The van der Waals surface area contributed by atoms with Gasteiger partial charge in [0.25, 0.3) is 0 Å². The topological polar surface area (TPSA) is 42.4 Å². The van der Waals surface area contributed by atoms with Gasteiger partial charge >= 0.3 is 0 Å². The molecule has 0 aliphatic rings. The van der Waals surface area contributed by atoms with Gasteiger partial charge in [0, 0.05) is 17.1 Å². The molecule has 0 aliphatic carbocycles. The minimum absolute atomic E-state index is 0.0268. The molecule has 0 spiro atoms. The van der Waals surface area contributed by atoms with Crippen molar-refractivity contribution in [1.29, 1.82) is 0 Å². The molecule has 2 aromatic rings. The summed E-state index contributed by atoms with van der Waals surface area (Å²) < 4.78 is 5.54.